The molecule has 0 radical (unpaired) electrons. The summed E-state index contributed by atoms with van der Waals surface area (Å²) < 4.78 is 10.7. The zero-order valence-electron chi connectivity index (χ0n) is 16.2. The molecule has 1 aliphatic carbocycles. The minimum Gasteiger partial charge on any atom is -0.493 e. The molecule has 2 unspecified atom stereocenters. The first-order chi connectivity index (χ1) is 13.6. The smallest absolute Gasteiger partial charge is 0.280 e. The Morgan fingerprint density at radius 1 is 1.21 bits per heavy atom. The second-order valence-electron chi connectivity index (χ2n) is 7.48. The highest BCUT2D eigenvalue weighted by molar-refractivity contribution is 6.18. The molecule has 0 spiro atoms. The number of imidazole rings is 1. The quantitative estimate of drug-likeness (QED) is 0.878. The summed E-state index contributed by atoms with van der Waals surface area (Å²) in [6, 6.07) is 6.37. The number of benzene rings is 1. The highest BCUT2D eigenvalue weighted by Gasteiger charge is 2.48. The van der Waals surface area contributed by atoms with Crippen molar-refractivity contribution in [3.63, 3.8) is 0 Å². The van der Waals surface area contributed by atoms with Crippen molar-refractivity contribution in [2.45, 2.75) is 37.8 Å². The molecule has 1 aromatic carbocycles. The number of rotatable bonds is 4. The lowest BCUT2D eigenvalue weighted by atomic mass is 10.1. The molecule has 1 aromatic heterocycles. The fourth-order valence-corrected chi connectivity index (χ4v) is 4.49. The number of nitrogens with one attached hydrogen (secondary N) is 1. The number of nitrogens with zero attached hydrogens (tertiary/aromatic N) is 4. The summed E-state index contributed by atoms with van der Waals surface area (Å²) in [6.45, 7) is 0. The Labute approximate surface area is 163 Å². The van der Waals surface area contributed by atoms with Crippen molar-refractivity contribution in [3.8, 4) is 11.5 Å². The summed E-state index contributed by atoms with van der Waals surface area (Å²) in [5.74, 6) is 3.47. The van der Waals surface area contributed by atoms with E-state index >= 15 is 0 Å². The van der Waals surface area contributed by atoms with Crippen LogP contribution in [-0.2, 0) is 6.42 Å². The van der Waals surface area contributed by atoms with Gasteiger partial charge in [-0.2, -0.15) is 0 Å². The molecule has 1 saturated carbocycles. The summed E-state index contributed by atoms with van der Waals surface area (Å²) in [5.41, 5.74) is 1.57. The van der Waals surface area contributed by atoms with Gasteiger partial charge in [-0.25, -0.2) is 9.98 Å². The SMILES string of the molecule is COc1ccc(Cc2nc3c([nH]2)C(=O)N(C)C2=NC4CCCC4N23)cc1OC. The number of aromatic nitrogens is 2. The van der Waals surface area contributed by atoms with Crippen molar-refractivity contribution in [2.24, 2.45) is 4.99 Å². The number of hydrogen-bond acceptors (Lipinski definition) is 6. The van der Waals surface area contributed by atoms with E-state index in [4.69, 9.17) is 19.5 Å². The molecule has 2 aliphatic heterocycles. The van der Waals surface area contributed by atoms with E-state index in [-0.39, 0.29) is 11.9 Å². The summed E-state index contributed by atoms with van der Waals surface area (Å²) >= 11 is 0. The molecule has 28 heavy (non-hydrogen) atoms. The molecular weight excluding hydrogens is 358 g/mol. The maximum absolute atomic E-state index is 12.8. The van der Waals surface area contributed by atoms with Crippen molar-refractivity contribution in [3.05, 3.63) is 35.3 Å². The van der Waals surface area contributed by atoms with Crippen LogP contribution in [0, 0.1) is 0 Å². The fourth-order valence-electron chi connectivity index (χ4n) is 4.49. The summed E-state index contributed by atoms with van der Waals surface area (Å²) in [5, 5.41) is 0. The molecule has 1 amide bonds. The molecule has 3 aliphatic rings. The minimum atomic E-state index is -0.0870. The molecule has 146 valence electrons. The Hall–Kier alpha value is -3.03. The van der Waals surface area contributed by atoms with Gasteiger partial charge in [-0.1, -0.05) is 6.07 Å². The van der Waals surface area contributed by atoms with Crippen LogP contribution >= 0.6 is 0 Å². The van der Waals surface area contributed by atoms with Gasteiger partial charge in [0, 0.05) is 13.5 Å². The van der Waals surface area contributed by atoms with E-state index in [2.05, 4.69) is 9.88 Å². The van der Waals surface area contributed by atoms with Crippen LogP contribution in [0.15, 0.2) is 23.2 Å². The first-order valence-corrected chi connectivity index (χ1v) is 9.55. The first-order valence-electron chi connectivity index (χ1n) is 9.55. The Morgan fingerprint density at radius 3 is 2.82 bits per heavy atom. The molecule has 2 atom stereocenters. The number of guanidine groups is 1. The van der Waals surface area contributed by atoms with Gasteiger partial charge in [0.05, 0.1) is 26.3 Å². The molecule has 8 nitrogen and oxygen atoms in total. The monoisotopic (exact) mass is 381 g/mol. The maximum Gasteiger partial charge on any atom is 0.280 e. The molecule has 3 heterocycles. The normalized spacial score (nSPS) is 22.7. The van der Waals surface area contributed by atoms with Crippen LogP contribution in [0.5, 0.6) is 11.5 Å². The number of aliphatic imine (C=N–C) groups is 1. The third-order valence-electron chi connectivity index (χ3n) is 5.87. The predicted molar refractivity (Wildman–Crippen MR) is 104 cm³/mol. The van der Waals surface area contributed by atoms with E-state index in [0.29, 0.717) is 35.5 Å². The van der Waals surface area contributed by atoms with Gasteiger partial charge < -0.3 is 14.5 Å². The fraction of sp³-hybridized carbons (Fsp3) is 0.450. The van der Waals surface area contributed by atoms with Gasteiger partial charge in [-0.3, -0.25) is 14.6 Å². The molecule has 1 fully saturated rings. The Kier molecular flexibility index (Phi) is 3.82. The van der Waals surface area contributed by atoms with Gasteiger partial charge in [0.15, 0.2) is 17.3 Å². The van der Waals surface area contributed by atoms with Crippen LogP contribution in [0.2, 0.25) is 0 Å². The summed E-state index contributed by atoms with van der Waals surface area (Å²) in [4.78, 5) is 29.5. The van der Waals surface area contributed by atoms with Crippen molar-refractivity contribution in [1.82, 2.24) is 14.9 Å². The van der Waals surface area contributed by atoms with E-state index in [1.54, 1.807) is 26.2 Å². The average Bonchev–Trinajstić information content (AvgIpc) is 3.40. The molecule has 5 rings (SSSR count). The van der Waals surface area contributed by atoms with E-state index in [1.165, 1.54) is 6.42 Å². The number of ether oxygens (including phenoxy) is 2. The maximum atomic E-state index is 12.8. The minimum absolute atomic E-state index is 0.0870. The number of carbonyl (C=O) groups is 1. The number of hydrogen-bond donors (Lipinski definition) is 1. The van der Waals surface area contributed by atoms with Crippen molar-refractivity contribution in [1.29, 1.82) is 0 Å². The van der Waals surface area contributed by atoms with Crippen LogP contribution < -0.4 is 14.4 Å². The van der Waals surface area contributed by atoms with Crippen LogP contribution in [0.1, 0.15) is 41.1 Å². The lowest BCUT2D eigenvalue weighted by Gasteiger charge is -2.33. The first kappa shape index (κ1) is 17.1. The van der Waals surface area contributed by atoms with Crippen LogP contribution in [0.25, 0.3) is 0 Å². The Bertz CT molecular complexity index is 982. The van der Waals surface area contributed by atoms with Crippen LogP contribution in [0.4, 0.5) is 5.82 Å². The molecule has 0 saturated heterocycles. The highest BCUT2D eigenvalue weighted by atomic mass is 16.5. The van der Waals surface area contributed by atoms with E-state index in [1.807, 2.05) is 18.2 Å². The van der Waals surface area contributed by atoms with Crippen molar-refractivity contribution >= 4 is 17.7 Å². The Balaban J connectivity index is 1.50. The largest absolute Gasteiger partial charge is 0.493 e. The lowest BCUT2D eigenvalue weighted by Crippen LogP contribution is -2.51. The average molecular weight is 381 g/mol. The molecule has 2 aromatic rings. The number of methoxy groups -OCH3 is 2. The number of amides is 1. The van der Waals surface area contributed by atoms with Gasteiger partial charge in [-0.15, -0.1) is 0 Å². The van der Waals surface area contributed by atoms with Gasteiger partial charge >= 0.3 is 0 Å². The van der Waals surface area contributed by atoms with Gasteiger partial charge in [0.2, 0.25) is 5.96 Å². The Morgan fingerprint density at radius 2 is 2.04 bits per heavy atom. The van der Waals surface area contributed by atoms with Crippen molar-refractivity contribution < 1.29 is 14.3 Å². The van der Waals surface area contributed by atoms with E-state index in [9.17, 15) is 4.79 Å². The number of anilines is 1. The number of carbonyl (C=O) groups excluding carboxylic acids is 1. The zero-order valence-corrected chi connectivity index (χ0v) is 16.2. The summed E-state index contributed by atoms with van der Waals surface area (Å²) in [6.07, 6.45) is 3.89. The third kappa shape index (κ3) is 2.40. The summed E-state index contributed by atoms with van der Waals surface area (Å²) in [7, 11) is 5.02. The predicted octanol–water partition coefficient (Wildman–Crippen LogP) is 2.20. The topological polar surface area (TPSA) is 83.0 Å². The standard InChI is InChI=1S/C20H23N5O3/c1-24-19(26)17-18(25-13-6-4-5-12(13)21-20(24)25)23-16(22-17)10-11-7-8-14(27-2)15(9-11)28-3/h7-9,12-13H,4-6,10H2,1-3H3,(H,22,23). The zero-order chi connectivity index (χ0) is 19.4. The highest BCUT2D eigenvalue weighted by Crippen LogP contribution is 2.39. The second kappa shape index (κ2) is 6.25. The second-order valence-corrected chi connectivity index (χ2v) is 7.48. The van der Waals surface area contributed by atoms with Gasteiger partial charge in [0.1, 0.15) is 11.5 Å². The molecular formula is C20H23N5O3. The molecule has 0 bridgehead atoms. The van der Waals surface area contributed by atoms with Crippen LogP contribution in [0.3, 0.4) is 0 Å². The molecule has 1 N–H and O–H groups in total. The number of fused-ring (bicyclic) bond motifs is 5. The molecule has 8 heteroatoms. The van der Waals surface area contributed by atoms with E-state index in [0.717, 1.165) is 30.2 Å². The van der Waals surface area contributed by atoms with Crippen molar-refractivity contribution in [2.75, 3.05) is 26.2 Å². The lowest BCUT2D eigenvalue weighted by molar-refractivity contribution is 0.0859. The number of aromatic amines is 1. The van der Waals surface area contributed by atoms with Crippen LogP contribution in [-0.4, -0.2) is 60.1 Å². The van der Waals surface area contributed by atoms with E-state index < -0.39 is 0 Å². The third-order valence-corrected chi connectivity index (χ3v) is 5.87. The van der Waals surface area contributed by atoms with Gasteiger partial charge in [-0.05, 0) is 37.0 Å². The van der Waals surface area contributed by atoms with Gasteiger partial charge in [0.25, 0.3) is 5.91 Å². The number of H-pyrrole nitrogens is 1.